The molecule has 1 atom stereocenters. The number of ether oxygens (including phenoxy) is 2. The summed E-state index contributed by atoms with van der Waals surface area (Å²) in [6.07, 6.45) is 0.409. The number of nitrogens with zero attached hydrogens (tertiary/aromatic N) is 1. The summed E-state index contributed by atoms with van der Waals surface area (Å²) in [5.74, 6) is -0.0410. The van der Waals surface area contributed by atoms with Crippen LogP contribution < -0.4 is 10.0 Å². The van der Waals surface area contributed by atoms with Gasteiger partial charge in [0, 0.05) is 22.7 Å². The minimum atomic E-state index is -3.14. The summed E-state index contributed by atoms with van der Waals surface area (Å²) in [6.45, 7) is 6.15. The summed E-state index contributed by atoms with van der Waals surface area (Å²) < 4.78 is 28.5. The van der Waals surface area contributed by atoms with Gasteiger partial charge < -0.3 is 9.47 Å². The number of halogens is 2. The van der Waals surface area contributed by atoms with Gasteiger partial charge in [0.2, 0.25) is 8.03 Å². The van der Waals surface area contributed by atoms with E-state index < -0.39 is 31.1 Å². The third-order valence-corrected chi connectivity index (χ3v) is 5.83. The monoisotopic (exact) mass is 489 g/mol. The maximum Gasteiger partial charge on any atom is 0.313 e. The van der Waals surface area contributed by atoms with Crippen LogP contribution in [0.15, 0.2) is 30.3 Å². The Kier molecular flexibility index (Phi) is 8.49. The van der Waals surface area contributed by atoms with Crippen LogP contribution in [0.25, 0.3) is 0 Å². The zero-order chi connectivity index (χ0) is 23.3. The number of nitro benzene ring substituents is 1. The Labute approximate surface area is 190 Å². The number of aryl methyl sites for hydroxylation is 1. The lowest BCUT2D eigenvalue weighted by Gasteiger charge is -2.17. The molecule has 0 spiro atoms. The Hall–Kier alpha value is -2.12. The van der Waals surface area contributed by atoms with Crippen LogP contribution in [0.5, 0.6) is 11.5 Å². The summed E-state index contributed by atoms with van der Waals surface area (Å²) in [5.41, 5.74) is -0.639. The third kappa shape index (κ3) is 6.68. The van der Waals surface area contributed by atoms with Crippen molar-refractivity contribution in [1.29, 1.82) is 0 Å². The maximum atomic E-state index is 12.7. The van der Waals surface area contributed by atoms with E-state index in [0.29, 0.717) is 17.0 Å². The van der Waals surface area contributed by atoms with Gasteiger partial charge in [-0.3, -0.25) is 24.0 Å². The fraction of sp³-hybridized carbons (Fsp3) is 0.350. The molecule has 0 fully saturated rings. The number of benzene rings is 2. The Morgan fingerprint density at radius 1 is 1.16 bits per heavy atom. The molecule has 0 aromatic heterocycles. The van der Waals surface area contributed by atoms with Gasteiger partial charge >= 0.3 is 5.97 Å². The molecule has 2 rings (SSSR count). The Morgan fingerprint density at radius 2 is 1.84 bits per heavy atom. The van der Waals surface area contributed by atoms with E-state index in [0.717, 1.165) is 0 Å². The average molecular weight is 490 g/mol. The lowest BCUT2D eigenvalue weighted by atomic mass is 9.98. The van der Waals surface area contributed by atoms with E-state index in [9.17, 15) is 19.5 Å². The predicted molar refractivity (Wildman–Crippen MR) is 119 cm³/mol. The van der Waals surface area contributed by atoms with Crippen LogP contribution in [0.2, 0.25) is 10.0 Å². The average Bonchev–Trinajstić information content (AvgIpc) is 2.68. The van der Waals surface area contributed by atoms with Crippen molar-refractivity contribution >= 4 is 48.2 Å². The van der Waals surface area contributed by atoms with E-state index >= 15 is 0 Å². The van der Waals surface area contributed by atoms with Crippen molar-refractivity contribution in [2.45, 2.75) is 34.1 Å². The van der Waals surface area contributed by atoms with Crippen molar-refractivity contribution in [1.82, 2.24) is 0 Å². The lowest BCUT2D eigenvalue weighted by Crippen LogP contribution is -2.23. The predicted octanol–water partition coefficient (Wildman–Crippen LogP) is 5.92. The van der Waals surface area contributed by atoms with Crippen molar-refractivity contribution in [2.75, 3.05) is 6.79 Å². The topological polar surface area (TPSA) is 105 Å². The van der Waals surface area contributed by atoms with Crippen molar-refractivity contribution in [2.24, 2.45) is 5.41 Å². The van der Waals surface area contributed by atoms with Gasteiger partial charge in [0.05, 0.1) is 15.4 Å². The third-order valence-electron chi connectivity index (χ3n) is 4.08. The first-order valence-electron chi connectivity index (χ1n) is 9.22. The molecule has 0 N–H and O–H groups in total. The second-order valence-corrected chi connectivity index (χ2v) is 9.74. The van der Waals surface area contributed by atoms with Crippen LogP contribution in [0.3, 0.4) is 0 Å². The molecule has 2 aromatic carbocycles. The van der Waals surface area contributed by atoms with Crippen LogP contribution in [0.4, 0.5) is 5.69 Å². The fourth-order valence-corrected chi connectivity index (χ4v) is 3.79. The van der Waals surface area contributed by atoms with Gasteiger partial charge in [0.25, 0.3) is 5.69 Å². The van der Waals surface area contributed by atoms with Crippen molar-refractivity contribution in [3.05, 3.63) is 56.1 Å². The zero-order valence-corrected chi connectivity index (χ0v) is 19.9. The Bertz CT molecular complexity index is 1020. The smallest absolute Gasteiger partial charge is 0.313 e. The summed E-state index contributed by atoms with van der Waals surface area (Å²) >= 11 is 12.0. The molecule has 0 amide bonds. The van der Waals surface area contributed by atoms with Crippen molar-refractivity contribution < 1.29 is 28.3 Å². The van der Waals surface area contributed by atoms with Gasteiger partial charge in [0.15, 0.2) is 6.79 Å². The molecule has 168 valence electrons. The summed E-state index contributed by atoms with van der Waals surface area (Å²) in [7, 11) is -3.14. The molecular weight excluding hydrogens is 468 g/mol. The Morgan fingerprint density at radius 3 is 2.39 bits per heavy atom. The van der Waals surface area contributed by atoms with Crippen molar-refractivity contribution in [3.8, 4) is 11.5 Å². The first-order chi connectivity index (χ1) is 14.4. The SMILES string of the molecule is CCc1cc([N+](=O)[O-])c([PH](=O)OCOC(=O)C(C)(C)C)cc1Oc1ccc(Cl)cc1Cl. The van der Waals surface area contributed by atoms with Crippen LogP contribution in [0, 0.1) is 15.5 Å². The zero-order valence-electron chi connectivity index (χ0n) is 17.4. The number of rotatable bonds is 8. The van der Waals surface area contributed by atoms with E-state index in [4.69, 9.17) is 37.2 Å². The normalized spacial score (nSPS) is 12.3. The molecule has 0 saturated heterocycles. The Balaban J connectivity index is 2.34. The highest BCUT2D eigenvalue weighted by molar-refractivity contribution is 7.48. The van der Waals surface area contributed by atoms with Crippen LogP contribution in [0.1, 0.15) is 33.3 Å². The first kappa shape index (κ1) is 25.1. The summed E-state index contributed by atoms with van der Waals surface area (Å²) in [6, 6.07) is 7.19. The highest BCUT2D eigenvalue weighted by atomic mass is 35.5. The number of hydrogen-bond acceptors (Lipinski definition) is 7. The number of nitro groups is 1. The largest absolute Gasteiger partial charge is 0.455 e. The summed E-state index contributed by atoms with van der Waals surface area (Å²) in [5, 5.41) is 12.0. The first-order valence-corrected chi connectivity index (χ1v) is 11.3. The van der Waals surface area contributed by atoms with Gasteiger partial charge in [-0.05, 0) is 45.4 Å². The van der Waals surface area contributed by atoms with Gasteiger partial charge in [-0.15, -0.1) is 0 Å². The maximum absolute atomic E-state index is 12.7. The van der Waals surface area contributed by atoms with E-state index in [1.807, 2.05) is 0 Å². The lowest BCUT2D eigenvalue weighted by molar-refractivity contribution is -0.383. The van der Waals surface area contributed by atoms with Crippen molar-refractivity contribution in [3.63, 3.8) is 0 Å². The summed E-state index contributed by atoms with van der Waals surface area (Å²) in [4.78, 5) is 22.7. The van der Waals surface area contributed by atoms with Gasteiger partial charge in [-0.1, -0.05) is 30.1 Å². The number of carbonyl (C=O) groups excluding carboxylic acids is 1. The minimum absolute atomic E-state index is 0.168. The van der Waals surface area contributed by atoms with Crippen LogP contribution in [-0.2, 0) is 25.0 Å². The van der Waals surface area contributed by atoms with Gasteiger partial charge in [0.1, 0.15) is 16.8 Å². The van der Waals surface area contributed by atoms with E-state index in [1.54, 1.807) is 39.8 Å². The van der Waals surface area contributed by atoms with E-state index in [2.05, 4.69) is 0 Å². The molecule has 0 heterocycles. The molecule has 31 heavy (non-hydrogen) atoms. The molecule has 0 aliphatic rings. The molecule has 8 nitrogen and oxygen atoms in total. The number of hydrogen-bond donors (Lipinski definition) is 0. The van der Waals surface area contributed by atoms with Crippen LogP contribution in [-0.4, -0.2) is 17.7 Å². The molecule has 0 bridgehead atoms. The van der Waals surface area contributed by atoms with Gasteiger partial charge in [-0.25, -0.2) is 0 Å². The second kappa shape index (κ2) is 10.5. The molecule has 0 aliphatic heterocycles. The molecular formula is C20H22Cl2NO7P. The highest BCUT2D eigenvalue weighted by Gasteiger charge is 2.26. The van der Waals surface area contributed by atoms with Gasteiger partial charge in [-0.2, -0.15) is 0 Å². The quantitative estimate of drug-likeness (QED) is 0.149. The second-order valence-electron chi connectivity index (χ2n) is 7.50. The molecule has 2 aromatic rings. The standard InChI is InChI=1S/C20H22Cl2NO7P/c1-5-12-8-15(23(25)26)18(31(27)29-11-28-19(24)20(2,3)4)10-17(12)30-16-7-6-13(21)9-14(16)22/h6-10,31H,5,11H2,1-4H3. The highest BCUT2D eigenvalue weighted by Crippen LogP contribution is 2.37. The number of carbonyl (C=O) groups is 1. The molecule has 0 aliphatic carbocycles. The van der Waals surface area contributed by atoms with Crippen LogP contribution >= 0.6 is 31.2 Å². The van der Waals surface area contributed by atoms with E-state index in [1.165, 1.54) is 18.2 Å². The fourth-order valence-electron chi connectivity index (χ4n) is 2.40. The molecule has 0 radical (unpaired) electrons. The molecule has 0 saturated carbocycles. The van der Waals surface area contributed by atoms with E-state index in [-0.39, 0.29) is 27.5 Å². The molecule has 1 unspecified atom stereocenters. The molecule has 11 heteroatoms. The number of esters is 1. The minimum Gasteiger partial charge on any atom is -0.455 e.